The number of halogens is 5. The molecule has 0 aliphatic carbocycles. The minimum atomic E-state index is -3.97. The minimum absolute atomic E-state index is 0. The van der Waals surface area contributed by atoms with E-state index in [9.17, 15) is 22.4 Å². The molecule has 1 atom stereocenters. The van der Waals surface area contributed by atoms with Gasteiger partial charge in [0.05, 0.1) is 6.61 Å². The second kappa shape index (κ2) is 8.04. The number of hydrogen-bond donors (Lipinski definition) is 1. The summed E-state index contributed by atoms with van der Waals surface area (Å²) in [4.78, 5) is 11.1. The van der Waals surface area contributed by atoms with Crippen molar-refractivity contribution in [3.05, 3.63) is 29.8 Å². The van der Waals surface area contributed by atoms with Gasteiger partial charge in [0.25, 0.3) is 0 Å². The SMILES string of the molecule is CCOC(=O)C(F)(F)[C@H](N)c1cccc(OC(F)F)c1.Cl. The van der Waals surface area contributed by atoms with Crippen LogP contribution < -0.4 is 10.5 Å². The molecule has 0 heterocycles. The largest absolute Gasteiger partial charge is 0.462 e. The highest BCUT2D eigenvalue weighted by molar-refractivity contribution is 5.85. The zero-order valence-corrected chi connectivity index (χ0v) is 11.7. The molecule has 0 bridgehead atoms. The first kappa shape index (κ1) is 19.5. The average Bonchev–Trinajstić information content (AvgIpc) is 2.37. The predicted octanol–water partition coefficient (Wildman–Crippen LogP) is 2.91. The molecule has 21 heavy (non-hydrogen) atoms. The van der Waals surface area contributed by atoms with Crippen LogP contribution in [0.1, 0.15) is 18.5 Å². The van der Waals surface area contributed by atoms with E-state index in [2.05, 4.69) is 9.47 Å². The van der Waals surface area contributed by atoms with Crippen LogP contribution in [0.15, 0.2) is 24.3 Å². The molecular weight excluding hydrogens is 318 g/mol. The minimum Gasteiger partial charge on any atom is -0.462 e. The highest BCUT2D eigenvalue weighted by atomic mass is 35.5. The van der Waals surface area contributed by atoms with Crippen molar-refractivity contribution in [2.45, 2.75) is 25.5 Å². The summed E-state index contributed by atoms with van der Waals surface area (Å²) in [6, 6.07) is 2.45. The van der Waals surface area contributed by atoms with Gasteiger partial charge in [-0.2, -0.15) is 17.6 Å². The van der Waals surface area contributed by atoms with Crippen molar-refractivity contribution in [1.29, 1.82) is 0 Å². The molecule has 0 saturated carbocycles. The van der Waals surface area contributed by atoms with Crippen molar-refractivity contribution in [3.8, 4) is 5.75 Å². The van der Waals surface area contributed by atoms with Gasteiger partial charge in [0, 0.05) is 0 Å². The molecule has 0 saturated heterocycles. The van der Waals surface area contributed by atoms with Gasteiger partial charge in [-0.15, -0.1) is 12.4 Å². The zero-order chi connectivity index (χ0) is 15.3. The number of alkyl halides is 4. The maximum atomic E-state index is 13.7. The van der Waals surface area contributed by atoms with E-state index in [0.29, 0.717) is 0 Å². The molecule has 0 aromatic heterocycles. The van der Waals surface area contributed by atoms with E-state index in [1.807, 2.05) is 0 Å². The Bertz CT molecular complexity index is 474. The summed E-state index contributed by atoms with van der Waals surface area (Å²) in [5.74, 6) is -6.07. The summed E-state index contributed by atoms with van der Waals surface area (Å²) < 4.78 is 59.8. The first-order valence-corrected chi connectivity index (χ1v) is 5.64. The number of carbonyl (C=O) groups excluding carboxylic acids is 1. The van der Waals surface area contributed by atoms with E-state index in [4.69, 9.17) is 5.73 Å². The van der Waals surface area contributed by atoms with Crippen LogP contribution in [-0.2, 0) is 9.53 Å². The third kappa shape index (κ3) is 5.05. The van der Waals surface area contributed by atoms with Gasteiger partial charge < -0.3 is 15.2 Å². The highest BCUT2D eigenvalue weighted by Gasteiger charge is 2.47. The highest BCUT2D eigenvalue weighted by Crippen LogP contribution is 2.32. The fourth-order valence-corrected chi connectivity index (χ4v) is 1.45. The molecule has 0 aliphatic heterocycles. The smallest absolute Gasteiger partial charge is 0.387 e. The Morgan fingerprint density at radius 3 is 2.52 bits per heavy atom. The summed E-state index contributed by atoms with van der Waals surface area (Å²) >= 11 is 0. The van der Waals surface area contributed by atoms with Crippen molar-refractivity contribution in [2.75, 3.05) is 6.61 Å². The number of nitrogens with two attached hydrogens (primary N) is 1. The topological polar surface area (TPSA) is 61.5 Å². The number of rotatable bonds is 6. The lowest BCUT2D eigenvalue weighted by molar-refractivity contribution is -0.174. The van der Waals surface area contributed by atoms with Gasteiger partial charge in [0.15, 0.2) is 0 Å². The number of benzene rings is 1. The molecular formula is C12H14ClF4NO3. The maximum Gasteiger partial charge on any atom is 0.387 e. The first-order valence-electron chi connectivity index (χ1n) is 5.64. The molecule has 9 heteroatoms. The molecule has 0 aliphatic rings. The lowest BCUT2D eigenvalue weighted by Gasteiger charge is -2.22. The maximum absolute atomic E-state index is 13.7. The molecule has 0 spiro atoms. The normalized spacial score (nSPS) is 12.5. The molecule has 0 amide bonds. The van der Waals surface area contributed by atoms with Crippen molar-refractivity contribution >= 4 is 18.4 Å². The van der Waals surface area contributed by atoms with Crippen LogP contribution in [0.25, 0.3) is 0 Å². The van der Waals surface area contributed by atoms with Crippen molar-refractivity contribution in [3.63, 3.8) is 0 Å². The van der Waals surface area contributed by atoms with E-state index < -0.39 is 24.5 Å². The monoisotopic (exact) mass is 331 g/mol. The Morgan fingerprint density at radius 1 is 1.38 bits per heavy atom. The van der Waals surface area contributed by atoms with E-state index in [1.165, 1.54) is 19.1 Å². The van der Waals surface area contributed by atoms with Gasteiger partial charge in [-0.25, -0.2) is 4.79 Å². The Labute approximate surface area is 124 Å². The molecule has 0 fully saturated rings. The quantitative estimate of drug-likeness (QED) is 0.643. The van der Waals surface area contributed by atoms with Crippen LogP contribution in [0, 0.1) is 0 Å². The molecule has 2 N–H and O–H groups in total. The van der Waals surface area contributed by atoms with Crippen LogP contribution in [0.2, 0.25) is 0 Å². The lowest BCUT2D eigenvalue weighted by Crippen LogP contribution is -2.41. The molecule has 0 unspecified atom stereocenters. The molecule has 1 aromatic rings. The van der Waals surface area contributed by atoms with Crippen LogP contribution >= 0.6 is 12.4 Å². The Hall–Kier alpha value is -1.54. The number of carbonyl (C=O) groups is 1. The van der Waals surface area contributed by atoms with E-state index in [0.717, 1.165) is 12.1 Å². The van der Waals surface area contributed by atoms with Gasteiger partial charge in [0.2, 0.25) is 0 Å². The van der Waals surface area contributed by atoms with Gasteiger partial charge in [-0.05, 0) is 24.6 Å². The predicted molar refractivity (Wildman–Crippen MR) is 68.8 cm³/mol. The van der Waals surface area contributed by atoms with Crippen molar-refractivity contribution in [1.82, 2.24) is 0 Å². The fourth-order valence-electron chi connectivity index (χ4n) is 1.45. The third-order valence-corrected chi connectivity index (χ3v) is 2.38. The van der Waals surface area contributed by atoms with Crippen LogP contribution in [0.4, 0.5) is 17.6 Å². The average molecular weight is 332 g/mol. The van der Waals surface area contributed by atoms with Gasteiger partial charge in [-0.1, -0.05) is 12.1 Å². The number of esters is 1. The van der Waals surface area contributed by atoms with Gasteiger partial charge in [-0.3, -0.25) is 0 Å². The summed E-state index contributed by atoms with van der Waals surface area (Å²) in [5.41, 5.74) is 5.09. The van der Waals surface area contributed by atoms with Gasteiger partial charge in [0.1, 0.15) is 11.8 Å². The summed E-state index contributed by atoms with van der Waals surface area (Å²) in [7, 11) is 0. The Kier molecular flexibility index (Phi) is 7.45. The second-order valence-corrected chi connectivity index (χ2v) is 3.77. The number of ether oxygens (including phenoxy) is 2. The lowest BCUT2D eigenvalue weighted by atomic mass is 10.0. The third-order valence-electron chi connectivity index (χ3n) is 2.38. The molecule has 1 rings (SSSR count). The van der Waals surface area contributed by atoms with Crippen LogP contribution in [-0.4, -0.2) is 25.1 Å². The first-order chi connectivity index (χ1) is 9.28. The zero-order valence-electron chi connectivity index (χ0n) is 10.9. The van der Waals surface area contributed by atoms with E-state index >= 15 is 0 Å². The molecule has 120 valence electrons. The van der Waals surface area contributed by atoms with Crippen molar-refractivity contribution < 1.29 is 31.8 Å². The Morgan fingerprint density at radius 2 is 2.00 bits per heavy atom. The number of hydrogen-bond acceptors (Lipinski definition) is 4. The van der Waals surface area contributed by atoms with Gasteiger partial charge >= 0.3 is 18.5 Å². The summed E-state index contributed by atoms with van der Waals surface area (Å²) in [5, 5.41) is 0. The fraction of sp³-hybridized carbons (Fsp3) is 0.417. The van der Waals surface area contributed by atoms with Crippen LogP contribution in [0.5, 0.6) is 5.75 Å². The molecule has 1 aromatic carbocycles. The summed E-state index contributed by atoms with van der Waals surface area (Å²) in [6.45, 7) is -1.95. The Balaban J connectivity index is 0.00000400. The second-order valence-electron chi connectivity index (χ2n) is 3.77. The van der Waals surface area contributed by atoms with Crippen LogP contribution in [0.3, 0.4) is 0 Å². The van der Waals surface area contributed by atoms with E-state index in [1.54, 1.807) is 0 Å². The van der Waals surface area contributed by atoms with Crippen molar-refractivity contribution in [2.24, 2.45) is 5.73 Å². The summed E-state index contributed by atoms with van der Waals surface area (Å²) in [6.07, 6.45) is 0. The van der Waals surface area contributed by atoms with E-state index in [-0.39, 0.29) is 30.3 Å². The standard InChI is InChI=1S/C12H13F4NO3.ClH/c1-2-19-10(18)12(15,16)9(17)7-4-3-5-8(6-7)20-11(13)14;/h3-6,9,11H,2,17H2,1H3;1H/t9-;/m1./s1. The molecule has 0 radical (unpaired) electrons. The molecule has 4 nitrogen and oxygen atoms in total.